The van der Waals surface area contributed by atoms with Crippen LogP contribution in [-0.2, 0) is 16.0 Å². The maximum Gasteiger partial charge on any atom is 0.290 e. The van der Waals surface area contributed by atoms with E-state index in [9.17, 15) is 14.4 Å². The first kappa shape index (κ1) is 16.7. The molecule has 0 saturated carbocycles. The Balaban J connectivity index is 1.65. The molecule has 3 amide bonds. The number of hydrogen-bond donors (Lipinski definition) is 2. The zero-order valence-electron chi connectivity index (χ0n) is 12.0. The molecule has 0 bridgehead atoms. The lowest BCUT2D eigenvalue weighted by molar-refractivity contribution is -0.116. The number of imide groups is 1. The smallest absolute Gasteiger partial charge is 0.290 e. The predicted octanol–water partition coefficient (Wildman–Crippen LogP) is 3.19. The van der Waals surface area contributed by atoms with Gasteiger partial charge in [-0.3, -0.25) is 25.0 Å². The Morgan fingerprint density at radius 1 is 1.33 bits per heavy atom. The van der Waals surface area contributed by atoms with Crippen LogP contribution in [0.4, 0.5) is 9.93 Å². The van der Waals surface area contributed by atoms with Crippen molar-refractivity contribution in [1.82, 2.24) is 10.3 Å². The minimum Gasteiger partial charge on any atom is -0.298 e. The Morgan fingerprint density at radius 2 is 2.12 bits per heavy atom. The molecule has 1 saturated heterocycles. The van der Waals surface area contributed by atoms with Crippen molar-refractivity contribution in [3.05, 3.63) is 56.9 Å². The molecule has 1 aliphatic heterocycles. The number of nitrogens with zero attached hydrogens (tertiary/aromatic N) is 1. The van der Waals surface area contributed by atoms with E-state index < -0.39 is 17.1 Å². The Hall–Kier alpha value is -2.16. The molecule has 0 unspecified atom stereocenters. The van der Waals surface area contributed by atoms with Crippen LogP contribution in [0, 0.1) is 0 Å². The van der Waals surface area contributed by atoms with Crippen molar-refractivity contribution < 1.29 is 14.4 Å². The van der Waals surface area contributed by atoms with E-state index in [-0.39, 0.29) is 4.91 Å². The van der Waals surface area contributed by atoms with Crippen molar-refractivity contribution in [2.24, 2.45) is 0 Å². The van der Waals surface area contributed by atoms with Gasteiger partial charge in [0.1, 0.15) is 0 Å². The van der Waals surface area contributed by atoms with Crippen LogP contribution in [0.1, 0.15) is 10.4 Å². The maximum atomic E-state index is 11.9. The SMILES string of the molecule is O=C(/C=C1/SC(=O)NC1=O)Nc1ncc(Cc2ccccc2Cl)s1. The highest BCUT2D eigenvalue weighted by Crippen LogP contribution is 2.26. The lowest BCUT2D eigenvalue weighted by Crippen LogP contribution is -2.18. The number of carbonyl (C=O) groups is 3. The molecule has 1 fully saturated rings. The Morgan fingerprint density at radius 3 is 2.83 bits per heavy atom. The third kappa shape index (κ3) is 4.02. The molecule has 3 rings (SSSR count). The minimum absolute atomic E-state index is 0.0605. The number of thioether (sulfide) groups is 1. The first-order chi connectivity index (χ1) is 11.5. The Bertz CT molecular complexity index is 863. The van der Waals surface area contributed by atoms with Gasteiger partial charge in [-0.15, -0.1) is 11.3 Å². The van der Waals surface area contributed by atoms with Crippen LogP contribution in [0.2, 0.25) is 5.02 Å². The number of amides is 3. The lowest BCUT2D eigenvalue weighted by atomic mass is 10.1. The monoisotopic (exact) mass is 379 g/mol. The van der Waals surface area contributed by atoms with Gasteiger partial charge in [0.05, 0.1) is 4.91 Å². The Kier molecular flexibility index (Phi) is 4.98. The first-order valence-electron chi connectivity index (χ1n) is 6.75. The third-order valence-electron chi connectivity index (χ3n) is 3.01. The van der Waals surface area contributed by atoms with Crippen molar-refractivity contribution in [2.45, 2.75) is 6.42 Å². The minimum atomic E-state index is -0.571. The molecule has 0 aliphatic carbocycles. The Labute approximate surface area is 150 Å². The van der Waals surface area contributed by atoms with Crippen LogP contribution in [0.3, 0.4) is 0 Å². The molecule has 2 N–H and O–H groups in total. The molecule has 24 heavy (non-hydrogen) atoms. The van der Waals surface area contributed by atoms with Crippen LogP contribution in [0.25, 0.3) is 0 Å². The average molecular weight is 380 g/mol. The van der Waals surface area contributed by atoms with Crippen LogP contribution >= 0.6 is 34.7 Å². The summed E-state index contributed by atoms with van der Waals surface area (Å²) in [6.45, 7) is 0. The third-order valence-corrected chi connectivity index (χ3v) is 5.10. The summed E-state index contributed by atoms with van der Waals surface area (Å²) in [6, 6.07) is 7.51. The normalized spacial score (nSPS) is 15.6. The van der Waals surface area contributed by atoms with Crippen LogP contribution in [0.15, 0.2) is 41.4 Å². The van der Waals surface area contributed by atoms with Gasteiger partial charge < -0.3 is 0 Å². The molecule has 2 heterocycles. The van der Waals surface area contributed by atoms with Gasteiger partial charge in [0, 0.05) is 28.6 Å². The number of benzene rings is 1. The molecule has 122 valence electrons. The van der Waals surface area contributed by atoms with Gasteiger partial charge in [0.2, 0.25) is 0 Å². The number of carbonyl (C=O) groups excluding carboxylic acids is 3. The van der Waals surface area contributed by atoms with Crippen molar-refractivity contribution in [3.8, 4) is 0 Å². The van der Waals surface area contributed by atoms with Crippen LogP contribution in [0.5, 0.6) is 0 Å². The molecule has 1 aromatic carbocycles. The van der Waals surface area contributed by atoms with Crippen molar-refractivity contribution in [3.63, 3.8) is 0 Å². The highest BCUT2D eigenvalue weighted by atomic mass is 35.5. The van der Waals surface area contributed by atoms with Gasteiger partial charge in [-0.25, -0.2) is 4.98 Å². The molecular formula is C15H10ClN3O3S2. The summed E-state index contributed by atoms with van der Waals surface area (Å²) < 4.78 is 0. The zero-order chi connectivity index (χ0) is 17.1. The van der Waals surface area contributed by atoms with Gasteiger partial charge in [0.15, 0.2) is 5.13 Å². The number of anilines is 1. The van der Waals surface area contributed by atoms with E-state index >= 15 is 0 Å². The van der Waals surface area contributed by atoms with Crippen molar-refractivity contribution in [2.75, 3.05) is 5.32 Å². The lowest BCUT2D eigenvalue weighted by Gasteiger charge is -2.00. The van der Waals surface area contributed by atoms with Gasteiger partial charge in [-0.1, -0.05) is 29.8 Å². The van der Waals surface area contributed by atoms with E-state index in [1.807, 2.05) is 24.3 Å². The number of rotatable bonds is 4. The first-order valence-corrected chi connectivity index (χ1v) is 8.76. The fourth-order valence-corrected chi connectivity index (χ4v) is 3.65. The number of aromatic nitrogens is 1. The number of nitrogens with one attached hydrogen (secondary N) is 2. The van der Waals surface area contributed by atoms with Crippen molar-refractivity contribution in [1.29, 1.82) is 0 Å². The molecule has 0 spiro atoms. The fourth-order valence-electron chi connectivity index (χ4n) is 1.96. The fraction of sp³-hybridized carbons (Fsp3) is 0.0667. The van der Waals surface area contributed by atoms with Crippen LogP contribution in [-0.4, -0.2) is 22.0 Å². The summed E-state index contributed by atoms with van der Waals surface area (Å²) in [7, 11) is 0. The number of hydrogen-bond acceptors (Lipinski definition) is 6. The highest BCUT2D eigenvalue weighted by Gasteiger charge is 2.26. The van der Waals surface area contributed by atoms with Crippen molar-refractivity contribution >= 4 is 56.9 Å². The molecule has 2 aromatic rings. The van der Waals surface area contributed by atoms with E-state index in [1.54, 1.807) is 6.20 Å². The largest absolute Gasteiger partial charge is 0.298 e. The number of halogens is 1. The molecule has 0 atom stereocenters. The summed E-state index contributed by atoms with van der Waals surface area (Å²) >= 11 is 8.13. The molecule has 0 radical (unpaired) electrons. The summed E-state index contributed by atoms with van der Waals surface area (Å²) in [5.41, 5.74) is 0.973. The summed E-state index contributed by atoms with van der Waals surface area (Å²) in [5, 5.41) is 5.26. The predicted molar refractivity (Wildman–Crippen MR) is 94.2 cm³/mol. The van der Waals surface area contributed by atoms with E-state index in [2.05, 4.69) is 15.6 Å². The topological polar surface area (TPSA) is 88.2 Å². The summed E-state index contributed by atoms with van der Waals surface area (Å²) in [6.07, 6.45) is 3.36. The van der Waals surface area contributed by atoms with Gasteiger partial charge in [0.25, 0.3) is 17.1 Å². The molecule has 1 aromatic heterocycles. The highest BCUT2D eigenvalue weighted by molar-refractivity contribution is 8.18. The molecule has 1 aliphatic rings. The standard InChI is InChI=1S/C15H10ClN3O3S2/c16-10-4-2-1-3-8(10)5-9-7-17-14(23-9)18-12(20)6-11-13(21)19-15(22)24-11/h1-4,6-7H,5H2,(H,17,18,20)(H,19,21,22)/b11-6+. The van der Waals surface area contributed by atoms with E-state index in [0.29, 0.717) is 28.3 Å². The van der Waals surface area contributed by atoms with Gasteiger partial charge >= 0.3 is 0 Å². The van der Waals surface area contributed by atoms with E-state index in [4.69, 9.17) is 11.6 Å². The van der Waals surface area contributed by atoms with Crippen LogP contribution < -0.4 is 10.6 Å². The second-order valence-electron chi connectivity index (χ2n) is 4.74. The van der Waals surface area contributed by atoms with Gasteiger partial charge in [-0.2, -0.15) is 0 Å². The van der Waals surface area contributed by atoms with E-state index in [1.165, 1.54) is 11.3 Å². The summed E-state index contributed by atoms with van der Waals surface area (Å²) in [4.78, 5) is 39.5. The second-order valence-corrected chi connectivity index (χ2v) is 7.28. The molecule has 9 heteroatoms. The maximum absolute atomic E-state index is 11.9. The average Bonchev–Trinajstić information content (AvgIpc) is 3.08. The number of thiazole rings is 1. The quantitative estimate of drug-likeness (QED) is 0.796. The summed E-state index contributed by atoms with van der Waals surface area (Å²) in [5.74, 6) is -1.08. The second kappa shape index (κ2) is 7.16. The zero-order valence-corrected chi connectivity index (χ0v) is 14.4. The molecule has 6 nitrogen and oxygen atoms in total. The molecular weight excluding hydrogens is 370 g/mol. The van der Waals surface area contributed by atoms with E-state index in [0.717, 1.165) is 16.5 Å². The van der Waals surface area contributed by atoms with Gasteiger partial charge in [-0.05, 0) is 23.4 Å².